The van der Waals surface area contributed by atoms with Gasteiger partial charge in [-0.05, 0) is 37.1 Å². The van der Waals surface area contributed by atoms with Crippen LogP contribution < -0.4 is 10.1 Å². The molecule has 0 bridgehead atoms. The number of hydrogen-bond donors (Lipinski definition) is 1. The summed E-state index contributed by atoms with van der Waals surface area (Å²) in [6, 6.07) is 3.81. The summed E-state index contributed by atoms with van der Waals surface area (Å²) < 4.78 is 5.47. The first-order valence-corrected chi connectivity index (χ1v) is 4.71. The number of benzene rings is 1. The van der Waals surface area contributed by atoms with E-state index in [1.807, 2.05) is 26.0 Å². The van der Waals surface area contributed by atoms with Gasteiger partial charge in [0.25, 0.3) is 5.91 Å². The Kier molecular flexibility index (Phi) is 2.15. The Bertz CT molecular complexity index is 385. The van der Waals surface area contributed by atoms with Crippen molar-refractivity contribution in [2.45, 2.75) is 13.8 Å². The Hall–Kier alpha value is -1.51. The number of fused-ring (bicyclic) bond motifs is 1. The average molecular weight is 191 g/mol. The molecular weight excluding hydrogens is 178 g/mol. The Labute approximate surface area is 83.1 Å². The SMILES string of the molecule is Cc1cc2c(cc1C)C(=O)NCCO2. The molecule has 0 unspecified atom stereocenters. The van der Waals surface area contributed by atoms with Gasteiger partial charge in [-0.1, -0.05) is 0 Å². The number of aryl methyl sites for hydroxylation is 2. The number of nitrogens with one attached hydrogen (secondary N) is 1. The topological polar surface area (TPSA) is 38.3 Å². The summed E-state index contributed by atoms with van der Waals surface area (Å²) in [5.41, 5.74) is 2.91. The third kappa shape index (κ3) is 1.45. The average Bonchev–Trinajstić information content (AvgIpc) is 2.31. The second-order valence-corrected chi connectivity index (χ2v) is 3.54. The number of amides is 1. The van der Waals surface area contributed by atoms with Crippen molar-refractivity contribution in [1.29, 1.82) is 0 Å². The molecule has 14 heavy (non-hydrogen) atoms. The molecule has 1 aliphatic heterocycles. The van der Waals surface area contributed by atoms with Crippen molar-refractivity contribution in [3.8, 4) is 5.75 Å². The van der Waals surface area contributed by atoms with Crippen molar-refractivity contribution < 1.29 is 9.53 Å². The van der Waals surface area contributed by atoms with Gasteiger partial charge in [0.15, 0.2) is 0 Å². The van der Waals surface area contributed by atoms with E-state index in [-0.39, 0.29) is 5.91 Å². The third-order valence-electron chi connectivity index (χ3n) is 2.49. The molecule has 1 aromatic carbocycles. The Morgan fingerprint density at radius 3 is 2.79 bits per heavy atom. The Morgan fingerprint density at radius 2 is 2.00 bits per heavy atom. The molecule has 0 fully saturated rings. The molecule has 2 rings (SSSR count). The summed E-state index contributed by atoms with van der Waals surface area (Å²) in [5, 5.41) is 2.78. The highest BCUT2D eigenvalue weighted by atomic mass is 16.5. The summed E-state index contributed by atoms with van der Waals surface area (Å²) in [7, 11) is 0. The van der Waals surface area contributed by atoms with Crippen LogP contribution in [0.5, 0.6) is 5.75 Å². The number of carbonyl (C=O) groups is 1. The van der Waals surface area contributed by atoms with E-state index in [0.717, 1.165) is 11.1 Å². The molecule has 0 saturated carbocycles. The van der Waals surface area contributed by atoms with E-state index in [4.69, 9.17) is 4.74 Å². The molecule has 0 aliphatic carbocycles. The van der Waals surface area contributed by atoms with Crippen LogP contribution in [-0.2, 0) is 0 Å². The first-order chi connectivity index (χ1) is 6.68. The molecule has 1 aromatic rings. The maximum atomic E-state index is 11.6. The molecule has 1 heterocycles. The predicted octanol–water partition coefficient (Wildman–Crippen LogP) is 1.43. The van der Waals surface area contributed by atoms with Gasteiger partial charge < -0.3 is 10.1 Å². The minimum atomic E-state index is -0.0411. The minimum Gasteiger partial charge on any atom is -0.491 e. The molecular formula is C11H13NO2. The highest BCUT2D eigenvalue weighted by Crippen LogP contribution is 2.24. The van der Waals surface area contributed by atoms with Gasteiger partial charge in [0.2, 0.25) is 0 Å². The molecule has 3 heteroatoms. The van der Waals surface area contributed by atoms with E-state index in [1.54, 1.807) is 0 Å². The van der Waals surface area contributed by atoms with E-state index >= 15 is 0 Å². The summed E-state index contributed by atoms with van der Waals surface area (Å²) in [6.07, 6.45) is 0. The lowest BCUT2D eigenvalue weighted by atomic mass is 10.0. The van der Waals surface area contributed by atoms with Gasteiger partial charge in [-0.3, -0.25) is 4.79 Å². The normalized spacial score (nSPS) is 15.1. The van der Waals surface area contributed by atoms with Crippen molar-refractivity contribution in [3.63, 3.8) is 0 Å². The molecule has 1 aliphatic rings. The second kappa shape index (κ2) is 3.33. The van der Waals surface area contributed by atoms with Crippen LogP contribution in [0, 0.1) is 13.8 Å². The zero-order valence-corrected chi connectivity index (χ0v) is 8.39. The molecule has 1 amide bonds. The summed E-state index contributed by atoms with van der Waals surface area (Å²) in [6.45, 7) is 5.13. The molecule has 0 spiro atoms. The quantitative estimate of drug-likeness (QED) is 0.673. The summed E-state index contributed by atoms with van der Waals surface area (Å²) in [5.74, 6) is 0.656. The van der Waals surface area contributed by atoms with Crippen molar-refractivity contribution in [2.24, 2.45) is 0 Å². The monoisotopic (exact) mass is 191 g/mol. The number of rotatable bonds is 0. The second-order valence-electron chi connectivity index (χ2n) is 3.54. The van der Waals surface area contributed by atoms with Gasteiger partial charge in [-0.15, -0.1) is 0 Å². The van der Waals surface area contributed by atoms with Crippen molar-refractivity contribution in [2.75, 3.05) is 13.2 Å². The van der Waals surface area contributed by atoms with Crippen LogP contribution in [0.1, 0.15) is 21.5 Å². The molecule has 0 atom stereocenters. The van der Waals surface area contributed by atoms with Crippen LogP contribution in [0.2, 0.25) is 0 Å². The zero-order valence-electron chi connectivity index (χ0n) is 8.39. The highest BCUT2D eigenvalue weighted by molar-refractivity contribution is 5.97. The van der Waals surface area contributed by atoms with Crippen molar-refractivity contribution in [3.05, 3.63) is 28.8 Å². The number of hydrogen-bond acceptors (Lipinski definition) is 2. The van der Waals surface area contributed by atoms with Crippen LogP contribution in [-0.4, -0.2) is 19.1 Å². The standard InChI is InChI=1S/C11H13NO2/c1-7-5-9-10(6-8(7)2)14-4-3-12-11(9)13/h5-6H,3-4H2,1-2H3,(H,12,13). The van der Waals surface area contributed by atoms with Crippen molar-refractivity contribution in [1.82, 2.24) is 5.32 Å². The van der Waals surface area contributed by atoms with E-state index < -0.39 is 0 Å². The van der Waals surface area contributed by atoms with Crippen LogP contribution in [0.4, 0.5) is 0 Å². The molecule has 0 saturated heterocycles. The van der Waals surface area contributed by atoms with Gasteiger partial charge in [-0.25, -0.2) is 0 Å². The number of ether oxygens (including phenoxy) is 1. The van der Waals surface area contributed by atoms with E-state index in [9.17, 15) is 4.79 Å². The van der Waals surface area contributed by atoms with E-state index in [2.05, 4.69) is 5.32 Å². The van der Waals surface area contributed by atoms with Gasteiger partial charge >= 0.3 is 0 Å². The molecule has 1 N–H and O–H groups in total. The fraction of sp³-hybridized carbons (Fsp3) is 0.364. The third-order valence-corrected chi connectivity index (χ3v) is 2.49. The fourth-order valence-electron chi connectivity index (χ4n) is 1.51. The first-order valence-electron chi connectivity index (χ1n) is 4.71. The maximum Gasteiger partial charge on any atom is 0.255 e. The lowest BCUT2D eigenvalue weighted by Crippen LogP contribution is -2.24. The van der Waals surface area contributed by atoms with Crippen LogP contribution >= 0.6 is 0 Å². The summed E-state index contributed by atoms with van der Waals surface area (Å²) in [4.78, 5) is 11.6. The Morgan fingerprint density at radius 1 is 1.29 bits per heavy atom. The fourth-order valence-corrected chi connectivity index (χ4v) is 1.51. The highest BCUT2D eigenvalue weighted by Gasteiger charge is 2.16. The molecule has 74 valence electrons. The lowest BCUT2D eigenvalue weighted by molar-refractivity contribution is 0.0957. The van der Waals surface area contributed by atoms with Gasteiger partial charge in [0, 0.05) is 0 Å². The smallest absolute Gasteiger partial charge is 0.255 e. The van der Waals surface area contributed by atoms with E-state index in [0.29, 0.717) is 24.5 Å². The van der Waals surface area contributed by atoms with E-state index in [1.165, 1.54) is 0 Å². The first kappa shape index (κ1) is 9.06. The van der Waals surface area contributed by atoms with Gasteiger partial charge in [0.1, 0.15) is 12.4 Å². The lowest BCUT2D eigenvalue weighted by Gasteiger charge is -2.08. The van der Waals surface area contributed by atoms with Crippen LogP contribution in [0.3, 0.4) is 0 Å². The van der Waals surface area contributed by atoms with Crippen LogP contribution in [0.15, 0.2) is 12.1 Å². The van der Waals surface area contributed by atoms with Crippen molar-refractivity contribution >= 4 is 5.91 Å². The van der Waals surface area contributed by atoms with Crippen LogP contribution in [0.25, 0.3) is 0 Å². The summed E-state index contributed by atoms with van der Waals surface area (Å²) >= 11 is 0. The van der Waals surface area contributed by atoms with Gasteiger partial charge in [0.05, 0.1) is 12.1 Å². The predicted molar refractivity (Wildman–Crippen MR) is 53.7 cm³/mol. The Balaban J connectivity index is 2.54. The largest absolute Gasteiger partial charge is 0.491 e. The zero-order chi connectivity index (χ0) is 10.1. The minimum absolute atomic E-state index is 0.0411. The number of carbonyl (C=O) groups excluding carboxylic acids is 1. The molecule has 0 radical (unpaired) electrons. The maximum absolute atomic E-state index is 11.6. The van der Waals surface area contributed by atoms with Gasteiger partial charge in [-0.2, -0.15) is 0 Å². The molecule has 0 aromatic heterocycles. The molecule has 3 nitrogen and oxygen atoms in total.